The van der Waals surface area contributed by atoms with Crippen molar-refractivity contribution in [2.75, 3.05) is 12.3 Å². The Kier molecular flexibility index (Phi) is 4.67. The van der Waals surface area contributed by atoms with Crippen LogP contribution in [0.15, 0.2) is 6.20 Å². The van der Waals surface area contributed by atoms with E-state index in [-0.39, 0.29) is 11.9 Å². The molecule has 0 bridgehead atoms. The molecule has 0 fully saturated rings. The molecule has 5 heteroatoms. The van der Waals surface area contributed by atoms with E-state index in [9.17, 15) is 0 Å². The quantitative estimate of drug-likeness (QED) is 0.817. The van der Waals surface area contributed by atoms with Gasteiger partial charge in [-0.05, 0) is 13.3 Å². The molecule has 0 aliphatic carbocycles. The molecule has 1 aromatic rings. The number of nitrogen functional groups attached to an aromatic ring is 1. The van der Waals surface area contributed by atoms with Crippen molar-refractivity contribution < 1.29 is 4.74 Å². The predicted molar refractivity (Wildman–Crippen MR) is 60.4 cm³/mol. The second kappa shape index (κ2) is 6.03. The standard InChI is InChI=1S/C11H16N4O/c1-3-5-9(16-4-2)11-14-7-8(6-12)10(13)15-11/h7,9H,3-5H2,1-2H3,(H2,13,14,15). The third-order valence-corrected chi connectivity index (χ3v) is 2.16. The molecule has 1 rings (SSSR count). The van der Waals surface area contributed by atoms with Crippen LogP contribution in [-0.4, -0.2) is 16.6 Å². The highest BCUT2D eigenvalue weighted by Gasteiger charge is 2.15. The second-order valence-electron chi connectivity index (χ2n) is 3.37. The third-order valence-electron chi connectivity index (χ3n) is 2.16. The monoisotopic (exact) mass is 220 g/mol. The maximum absolute atomic E-state index is 8.71. The van der Waals surface area contributed by atoms with Gasteiger partial charge in [0.1, 0.15) is 23.6 Å². The zero-order valence-corrected chi connectivity index (χ0v) is 9.60. The predicted octanol–water partition coefficient (Wildman–Crippen LogP) is 1.81. The van der Waals surface area contributed by atoms with E-state index in [1.807, 2.05) is 13.0 Å². The fourth-order valence-corrected chi connectivity index (χ4v) is 1.40. The summed E-state index contributed by atoms with van der Waals surface area (Å²) < 4.78 is 5.53. The van der Waals surface area contributed by atoms with E-state index in [4.69, 9.17) is 15.7 Å². The average Bonchev–Trinajstić information content (AvgIpc) is 2.28. The second-order valence-corrected chi connectivity index (χ2v) is 3.37. The van der Waals surface area contributed by atoms with Gasteiger partial charge in [-0.3, -0.25) is 0 Å². The topological polar surface area (TPSA) is 84.8 Å². The maximum Gasteiger partial charge on any atom is 0.159 e. The van der Waals surface area contributed by atoms with Gasteiger partial charge in [-0.1, -0.05) is 13.3 Å². The Morgan fingerprint density at radius 2 is 2.31 bits per heavy atom. The molecule has 0 saturated carbocycles. The van der Waals surface area contributed by atoms with Crippen LogP contribution in [0.1, 0.15) is 44.2 Å². The van der Waals surface area contributed by atoms with Gasteiger partial charge in [0, 0.05) is 6.61 Å². The third kappa shape index (κ3) is 2.91. The van der Waals surface area contributed by atoms with Crippen LogP contribution in [0.3, 0.4) is 0 Å². The molecule has 1 aromatic heterocycles. The van der Waals surface area contributed by atoms with E-state index in [2.05, 4.69) is 16.9 Å². The van der Waals surface area contributed by atoms with E-state index in [1.165, 1.54) is 6.20 Å². The summed E-state index contributed by atoms with van der Waals surface area (Å²) in [6, 6.07) is 1.93. The lowest BCUT2D eigenvalue weighted by Gasteiger charge is -2.14. The first-order chi connectivity index (χ1) is 7.72. The van der Waals surface area contributed by atoms with Gasteiger partial charge in [0.2, 0.25) is 0 Å². The molecule has 0 saturated heterocycles. The summed E-state index contributed by atoms with van der Waals surface area (Å²) in [5, 5.41) is 8.71. The molecule has 2 N–H and O–H groups in total. The van der Waals surface area contributed by atoms with Gasteiger partial charge >= 0.3 is 0 Å². The van der Waals surface area contributed by atoms with Gasteiger partial charge < -0.3 is 10.5 Å². The Hall–Kier alpha value is -1.67. The molecular formula is C11H16N4O. The van der Waals surface area contributed by atoms with Crippen LogP contribution in [-0.2, 0) is 4.74 Å². The smallest absolute Gasteiger partial charge is 0.159 e. The van der Waals surface area contributed by atoms with Crippen LogP contribution in [0, 0.1) is 11.3 Å². The van der Waals surface area contributed by atoms with Crippen LogP contribution in [0.5, 0.6) is 0 Å². The number of anilines is 1. The first-order valence-corrected chi connectivity index (χ1v) is 5.37. The molecule has 0 radical (unpaired) electrons. The number of hydrogen-bond acceptors (Lipinski definition) is 5. The molecule has 0 amide bonds. The average molecular weight is 220 g/mol. The summed E-state index contributed by atoms with van der Waals surface area (Å²) in [7, 11) is 0. The molecule has 1 atom stereocenters. The number of nitriles is 1. The van der Waals surface area contributed by atoms with E-state index >= 15 is 0 Å². The summed E-state index contributed by atoms with van der Waals surface area (Å²) >= 11 is 0. The van der Waals surface area contributed by atoms with Crippen molar-refractivity contribution in [3.05, 3.63) is 17.6 Å². The number of rotatable bonds is 5. The van der Waals surface area contributed by atoms with Crippen LogP contribution < -0.4 is 5.73 Å². The first kappa shape index (κ1) is 12.4. The Morgan fingerprint density at radius 3 is 2.81 bits per heavy atom. The number of nitrogens with zero attached hydrogens (tertiary/aromatic N) is 3. The zero-order chi connectivity index (χ0) is 12.0. The van der Waals surface area contributed by atoms with Gasteiger partial charge in [0.05, 0.1) is 6.20 Å². The normalized spacial score (nSPS) is 12.1. The maximum atomic E-state index is 8.71. The molecule has 1 unspecified atom stereocenters. The van der Waals surface area contributed by atoms with Gasteiger partial charge in [0.25, 0.3) is 0 Å². The zero-order valence-electron chi connectivity index (χ0n) is 9.60. The van der Waals surface area contributed by atoms with Crippen LogP contribution in [0.4, 0.5) is 5.82 Å². The largest absolute Gasteiger partial charge is 0.382 e. The molecule has 0 aliphatic rings. The molecular weight excluding hydrogens is 204 g/mol. The van der Waals surface area contributed by atoms with Crippen molar-refractivity contribution in [2.45, 2.75) is 32.8 Å². The summed E-state index contributed by atoms with van der Waals surface area (Å²) in [5.41, 5.74) is 5.93. The lowest BCUT2D eigenvalue weighted by molar-refractivity contribution is 0.0495. The molecule has 5 nitrogen and oxygen atoms in total. The van der Waals surface area contributed by atoms with Crippen molar-refractivity contribution in [1.82, 2.24) is 9.97 Å². The Bertz CT molecular complexity index is 380. The summed E-state index contributed by atoms with van der Waals surface area (Å²) in [5.74, 6) is 0.772. The summed E-state index contributed by atoms with van der Waals surface area (Å²) in [4.78, 5) is 8.21. The highest BCUT2D eigenvalue weighted by Crippen LogP contribution is 2.20. The van der Waals surface area contributed by atoms with E-state index in [0.29, 0.717) is 18.0 Å². The Balaban J connectivity index is 2.93. The van der Waals surface area contributed by atoms with Gasteiger partial charge in [-0.25, -0.2) is 9.97 Å². The van der Waals surface area contributed by atoms with Crippen LogP contribution in [0.2, 0.25) is 0 Å². The van der Waals surface area contributed by atoms with Gasteiger partial charge in [-0.15, -0.1) is 0 Å². The van der Waals surface area contributed by atoms with Crippen LogP contribution >= 0.6 is 0 Å². The van der Waals surface area contributed by atoms with Crippen molar-refractivity contribution in [2.24, 2.45) is 0 Å². The van der Waals surface area contributed by atoms with E-state index in [1.54, 1.807) is 0 Å². The minimum atomic E-state index is -0.134. The van der Waals surface area contributed by atoms with Crippen molar-refractivity contribution in [1.29, 1.82) is 5.26 Å². The molecule has 0 aromatic carbocycles. The molecule has 86 valence electrons. The number of ether oxygens (including phenoxy) is 1. The molecule has 0 spiro atoms. The van der Waals surface area contributed by atoms with E-state index in [0.717, 1.165) is 12.8 Å². The van der Waals surface area contributed by atoms with Gasteiger partial charge in [0.15, 0.2) is 5.82 Å². The minimum absolute atomic E-state index is 0.134. The lowest BCUT2D eigenvalue weighted by Crippen LogP contribution is -2.10. The summed E-state index contributed by atoms with van der Waals surface area (Å²) in [6.07, 6.45) is 3.14. The first-order valence-electron chi connectivity index (χ1n) is 5.37. The molecule has 0 aliphatic heterocycles. The van der Waals surface area contributed by atoms with Crippen molar-refractivity contribution >= 4 is 5.82 Å². The van der Waals surface area contributed by atoms with Crippen molar-refractivity contribution in [3.63, 3.8) is 0 Å². The fraction of sp³-hybridized carbons (Fsp3) is 0.545. The lowest BCUT2D eigenvalue weighted by atomic mass is 10.2. The van der Waals surface area contributed by atoms with Gasteiger partial charge in [-0.2, -0.15) is 5.26 Å². The summed E-state index contributed by atoms with van der Waals surface area (Å²) in [6.45, 7) is 4.60. The number of aromatic nitrogens is 2. The Labute approximate surface area is 95.3 Å². The van der Waals surface area contributed by atoms with Crippen molar-refractivity contribution in [3.8, 4) is 6.07 Å². The fourth-order valence-electron chi connectivity index (χ4n) is 1.40. The van der Waals surface area contributed by atoms with E-state index < -0.39 is 0 Å². The minimum Gasteiger partial charge on any atom is -0.382 e. The number of hydrogen-bond donors (Lipinski definition) is 1. The van der Waals surface area contributed by atoms with Crippen LogP contribution in [0.25, 0.3) is 0 Å². The highest BCUT2D eigenvalue weighted by molar-refractivity contribution is 5.46. The SMILES string of the molecule is CCCC(OCC)c1ncc(C#N)c(N)n1. The molecule has 16 heavy (non-hydrogen) atoms. The number of nitrogens with two attached hydrogens (primary N) is 1. The molecule has 1 heterocycles. The Morgan fingerprint density at radius 1 is 1.56 bits per heavy atom. The highest BCUT2D eigenvalue weighted by atomic mass is 16.5.